The van der Waals surface area contributed by atoms with E-state index in [4.69, 9.17) is 9.47 Å². The van der Waals surface area contributed by atoms with Gasteiger partial charge in [0.2, 0.25) is 5.82 Å². The van der Waals surface area contributed by atoms with Gasteiger partial charge in [-0.1, -0.05) is 25.1 Å². The van der Waals surface area contributed by atoms with Crippen LogP contribution in [0.15, 0.2) is 24.3 Å². The SMILES string of the molecule is CCOc1ccc(C2CCC(OCc3ccc(CC)c(F)c3F)CC2)c(F)c1F. The monoisotopic (exact) mass is 410 g/mol. The summed E-state index contributed by atoms with van der Waals surface area (Å²) in [7, 11) is 0. The van der Waals surface area contributed by atoms with Crippen molar-refractivity contribution in [2.75, 3.05) is 6.61 Å². The number of ether oxygens (including phenoxy) is 2. The fraction of sp³-hybridized carbons (Fsp3) is 0.478. The minimum Gasteiger partial charge on any atom is -0.491 e. The molecule has 0 spiro atoms. The highest BCUT2D eigenvalue weighted by atomic mass is 19.2. The Labute approximate surface area is 168 Å². The topological polar surface area (TPSA) is 18.5 Å². The van der Waals surface area contributed by atoms with Crippen LogP contribution in [0.25, 0.3) is 0 Å². The van der Waals surface area contributed by atoms with Crippen molar-refractivity contribution >= 4 is 0 Å². The molecule has 0 radical (unpaired) electrons. The highest BCUT2D eigenvalue weighted by molar-refractivity contribution is 5.33. The average Bonchev–Trinajstić information content (AvgIpc) is 2.73. The lowest BCUT2D eigenvalue weighted by molar-refractivity contribution is 0.0116. The van der Waals surface area contributed by atoms with Gasteiger partial charge in [-0.15, -0.1) is 0 Å². The van der Waals surface area contributed by atoms with Crippen LogP contribution in [0.1, 0.15) is 62.1 Å². The highest BCUT2D eigenvalue weighted by Gasteiger charge is 2.27. The van der Waals surface area contributed by atoms with Crippen molar-refractivity contribution in [1.82, 2.24) is 0 Å². The van der Waals surface area contributed by atoms with Gasteiger partial charge >= 0.3 is 0 Å². The molecule has 1 aliphatic carbocycles. The Bertz CT molecular complexity index is 845. The molecule has 158 valence electrons. The van der Waals surface area contributed by atoms with Crippen molar-refractivity contribution in [3.8, 4) is 5.75 Å². The summed E-state index contributed by atoms with van der Waals surface area (Å²) in [6, 6.07) is 6.19. The molecule has 0 heterocycles. The van der Waals surface area contributed by atoms with E-state index in [2.05, 4.69) is 0 Å². The first kappa shape index (κ1) is 21.6. The molecule has 6 heteroatoms. The van der Waals surface area contributed by atoms with Crippen LogP contribution in [-0.4, -0.2) is 12.7 Å². The number of benzene rings is 2. The van der Waals surface area contributed by atoms with Gasteiger partial charge in [-0.25, -0.2) is 13.2 Å². The molecule has 0 aliphatic heterocycles. The molecule has 0 amide bonds. The zero-order chi connectivity index (χ0) is 21.0. The second-order valence-corrected chi connectivity index (χ2v) is 7.36. The van der Waals surface area contributed by atoms with Crippen LogP contribution in [-0.2, 0) is 17.8 Å². The number of hydrogen-bond acceptors (Lipinski definition) is 2. The minimum absolute atomic E-state index is 0.00583. The lowest BCUT2D eigenvalue weighted by Crippen LogP contribution is -2.21. The van der Waals surface area contributed by atoms with Crippen molar-refractivity contribution in [2.24, 2.45) is 0 Å². The summed E-state index contributed by atoms with van der Waals surface area (Å²) in [5, 5.41) is 0. The van der Waals surface area contributed by atoms with Gasteiger partial charge in [0.05, 0.1) is 19.3 Å². The van der Waals surface area contributed by atoms with Crippen LogP contribution in [0.4, 0.5) is 17.6 Å². The Morgan fingerprint density at radius 2 is 1.45 bits per heavy atom. The third kappa shape index (κ3) is 4.74. The summed E-state index contributed by atoms with van der Waals surface area (Å²) in [5.41, 5.74) is 0.894. The van der Waals surface area contributed by atoms with Crippen LogP contribution in [0.5, 0.6) is 5.75 Å². The van der Waals surface area contributed by atoms with Crippen LogP contribution < -0.4 is 4.74 Å². The third-order valence-electron chi connectivity index (χ3n) is 5.59. The number of halogens is 4. The van der Waals surface area contributed by atoms with Gasteiger partial charge in [-0.2, -0.15) is 4.39 Å². The van der Waals surface area contributed by atoms with Gasteiger partial charge in [-0.05, 0) is 62.1 Å². The summed E-state index contributed by atoms with van der Waals surface area (Å²) in [6.07, 6.45) is 2.89. The number of rotatable bonds is 7. The molecule has 29 heavy (non-hydrogen) atoms. The van der Waals surface area contributed by atoms with Gasteiger partial charge in [-0.3, -0.25) is 0 Å². The average molecular weight is 410 g/mol. The fourth-order valence-corrected chi connectivity index (χ4v) is 3.89. The number of hydrogen-bond donors (Lipinski definition) is 0. The smallest absolute Gasteiger partial charge is 0.200 e. The Morgan fingerprint density at radius 1 is 0.793 bits per heavy atom. The predicted molar refractivity (Wildman–Crippen MR) is 103 cm³/mol. The summed E-state index contributed by atoms with van der Waals surface area (Å²) in [6.45, 7) is 3.74. The van der Waals surface area contributed by atoms with E-state index in [9.17, 15) is 17.6 Å². The van der Waals surface area contributed by atoms with Gasteiger partial charge in [0.25, 0.3) is 0 Å². The van der Waals surface area contributed by atoms with Gasteiger partial charge in [0.1, 0.15) is 0 Å². The normalized spacial score (nSPS) is 19.4. The first-order valence-electron chi connectivity index (χ1n) is 10.1. The number of aryl methyl sites for hydroxylation is 1. The van der Waals surface area contributed by atoms with Crippen molar-refractivity contribution in [3.05, 3.63) is 64.2 Å². The maximum atomic E-state index is 14.4. The van der Waals surface area contributed by atoms with Crippen LogP contribution in [0.2, 0.25) is 0 Å². The second kappa shape index (κ2) is 9.61. The molecule has 0 bridgehead atoms. The lowest BCUT2D eigenvalue weighted by Gasteiger charge is -2.29. The Morgan fingerprint density at radius 3 is 2.10 bits per heavy atom. The highest BCUT2D eigenvalue weighted by Crippen LogP contribution is 2.37. The zero-order valence-corrected chi connectivity index (χ0v) is 16.7. The molecule has 1 saturated carbocycles. The van der Waals surface area contributed by atoms with Gasteiger partial charge in [0.15, 0.2) is 23.2 Å². The zero-order valence-electron chi connectivity index (χ0n) is 16.7. The minimum atomic E-state index is -0.948. The van der Waals surface area contributed by atoms with E-state index in [-0.39, 0.29) is 36.5 Å². The molecule has 0 aromatic heterocycles. The first-order valence-corrected chi connectivity index (χ1v) is 10.1. The van der Waals surface area contributed by atoms with Crippen molar-refractivity contribution in [2.45, 2.75) is 64.6 Å². The summed E-state index contributed by atoms with van der Waals surface area (Å²) in [5.74, 6) is -3.65. The third-order valence-corrected chi connectivity index (χ3v) is 5.59. The fourth-order valence-electron chi connectivity index (χ4n) is 3.89. The molecular weight excluding hydrogens is 384 g/mol. The molecule has 2 aromatic rings. The van der Waals surface area contributed by atoms with Crippen molar-refractivity contribution < 1.29 is 27.0 Å². The molecule has 0 unspecified atom stereocenters. The van der Waals surface area contributed by atoms with Crippen LogP contribution in [0.3, 0.4) is 0 Å². The lowest BCUT2D eigenvalue weighted by atomic mass is 9.82. The molecule has 2 aromatic carbocycles. The van der Waals surface area contributed by atoms with E-state index in [0.717, 1.165) is 0 Å². The van der Waals surface area contributed by atoms with Crippen LogP contribution in [0, 0.1) is 23.3 Å². The summed E-state index contributed by atoms with van der Waals surface area (Å²) >= 11 is 0. The van der Waals surface area contributed by atoms with Crippen molar-refractivity contribution in [1.29, 1.82) is 0 Å². The standard InChI is InChI=1S/C23H26F4O2/c1-3-14-5-6-16(21(25)20(14)24)13-29-17-9-7-15(8-10-17)18-11-12-19(28-4-2)23(27)22(18)26/h5-6,11-12,15,17H,3-4,7-10,13H2,1-2H3. The summed E-state index contributed by atoms with van der Waals surface area (Å²) in [4.78, 5) is 0. The van der Waals surface area contributed by atoms with Gasteiger partial charge in [0, 0.05) is 5.56 Å². The largest absolute Gasteiger partial charge is 0.491 e. The molecule has 1 aliphatic rings. The molecule has 3 rings (SSSR count). The van der Waals surface area contributed by atoms with E-state index in [1.165, 1.54) is 6.07 Å². The Balaban J connectivity index is 1.58. The predicted octanol–water partition coefficient (Wildman–Crippen LogP) is 6.45. The maximum Gasteiger partial charge on any atom is 0.200 e. The van der Waals surface area contributed by atoms with E-state index < -0.39 is 23.3 Å². The second-order valence-electron chi connectivity index (χ2n) is 7.36. The molecule has 0 N–H and O–H groups in total. The van der Waals surface area contributed by atoms with Crippen molar-refractivity contribution in [3.63, 3.8) is 0 Å². The van der Waals surface area contributed by atoms with Crippen LogP contribution >= 0.6 is 0 Å². The molecule has 0 saturated heterocycles. The summed E-state index contributed by atoms with van der Waals surface area (Å²) < 4.78 is 67.4. The molecular formula is C23H26F4O2. The van der Waals surface area contributed by atoms with E-state index in [0.29, 0.717) is 43.2 Å². The maximum absolute atomic E-state index is 14.4. The quantitative estimate of drug-likeness (QED) is 0.489. The Hall–Kier alpha value is -2.08. The molecule has 0 atom stereocenters. The molecule has 2 nitrogen and oxygen atoms in total. The van der Waals surface area contributed by atoms with E-state index in [1.54, 1.807) is 32.0 Å². The van der Waals surface area contributed by atoms with E-state index in [1.807, 2.05) is 0 Å². The first-order chi connectivity index (χ1) is 14.0. The van der Waals surface area contributed by atoms with Gasteiger partial charge < -0.3 is 9.47 Å². The molecule has 1 fully saturated rings. The Kier molecular flexibility index (Phi) is 7.17. The van der Waals surface area contributed by atoms with E-state index >= 15 is 0 Å².